The van der Waals surface area contributed by atoms with Crippen molar-refractivity contribution in [3.05, 3.63) is 41.5 Å². The molecule has 0 spiro atoms. The Morgan fingerprint density at radius 3 is 2.33 bits per heavy atom. The molecular formula is C12H12O3. The normalized spacial score (nSPS) is 10.5. The number of rotatable bonds is 4. The predicted molar refractivity (Wildman–Crippen MR) is 57.7 cm³/mol. The van der Waals surface area contributed by atoms with E-state index in [1.54, 1.807) is 25.1 Å². The van der Waals surface area contributed by atoms with E-state index in [9.17, 15) is 9.59 Å². The molecule has 3 heteroatoms. The molecule has 0 atom stereocenters. The highest BCUT2D eigenvalue weighted by Gasteiger charge is 2.00. The van der Waals surface area contributed by atoms with Gasteiger partial charge in [-0.25, -0.2) is 4.79 Å². The maximum absolute atomic E-state index is 11.0. The first kappa shape index (κ1) is 11.2. The van der Waals surface area contributed by atoms with Crippen LogP contribution in [0.4, 0.5) is 0 Å². The Bertz CT molecular complexity index is 388. The summed E-state index contributed by atoms with van der Waals surface area (Å²) in [4.78, 5) is 21.5. The molecule has 0 aliphatic heterocycles. The van der Waals surface area contributed by atoms with Gasteiger partial charge in [-0.3, -0.25) is 4.79 Å². The quantitative estimate of drug-likeness (QED) is 0.766. The zero-order chi connectivity index (χ0) is 11.3. The molecule has 1 rings (SSSR count). The van der Waals surface area contributed by atoms with E-state index in [0.717, 1.165) is 5.56 Å². The van der Waals surface area contributed by atoms with Gasteiger partial charge in [0.25, 0.3) is 0 Å². The maximum atomic E-state index is 11.0. The van der Waals surface area contributed by atoms with Crippen LogP contribution >= 0.6 is 0 Å². The van der Waals surface area contributed by atoms with Gasteiger partial charge in [0.15, 0.2) is 5.78 Å². The molecule has 3 nitrogen and oxygen atoms in total. The number of carboxylic acids is 1. The summed E-state index contributed by atoms with van der Waals surface area (Å²) in [5, 5.41) is 8.66. The molecule has 0 unspecified atom stereocenters. The van der Waals surface area contributed by atoms with Crippen molar-refractivity contribution < 1.29 is 14.7 Å². The summed E-state index contributed by atoms with van der Waals surface area (Å²) in [6, 6.07) is 6.36. The molecule has 78 valence electrons. The second-order valence-corrected chi connectivity index (χ2v) is 3.08. The predicted octanol–water partition coefficient (Wildman–Crippen LogP) is 2.38. The van der Waals surface area contributed by atoms with E-state index in [0.29, 0.717) is 6.42 Å². The second kappa shape index (κ2) is 5.10. The van der Waals surface area contributed by atoms with Gasteiger partial charge in [0.2, 0.25) is 0 Å². The van der Waals surface area contributed by atoms with Crippen molar-refractivity contribution in [2.24, 2.45) is 0 Å². The average molecular weight is 204 g/mol. The molecule has 0 aliphatic rings. The molecule has 0 fully saturated rings. The van der Waals surface area contributed by atoms with E-state index in [4.69, 9.17) is 5.11 Å². The maximum Gasteiger partial charge on any atom is 0.335 e. The number of allylic oxidation sites excluding steroid dienone is 1. The summed E-state index contributed by atoms with van der Waals surface area (Å²) in [5.74, 6) is -0.896. The van der Waals surface area contributed by atoms with Crippen molar-refractivity contribution >= 4 is 17.8 Å². The fourth-order valence-corrected chi connectivity index (χ4v) is 1.04. The van der Waals surface area contributed by atoms with Crippen LogP contribution in [0, 0.1) is 0 Å². The van der Waals surface area contributed by atoms with Crippen LogP contribution < -0.4 is 0 Å². The minimum Gasteiger partial charge on any atom is -0.478 e. The summed E-state index contributed by atoms with van der Waals surface area (Å²) in [7, 11) is 0. The fourth-order valence-electron chi connectivity index (χ4n) is 1.04. The van der Waals surface area contributed by atoms with E-state index in [2.05, 4.69) is 0 Å². The Kier molecular flexibility index (Phi) is 3.80. The molecule has 1 N–H and O–H groups in total. The lowest BCUT2D eigenvalue weighted by Gasteiger charge is -1.95. The lowest BCUT2D eigenvalue weighted by molar-refractivity contribution is -0.114. The Labute approximate surface area is 88.0 Å². The summed E-state index contributed by atoms with van der Waals surface area (Å²) in [6.07, 6.45) is 3.65. The van der Waals surface area contributed by atoms with Gasteiger partial charge < -0.3 is 5.11 Å². The third-order valence-corrected chi connectivity index (χ3v) is 1.97. The largest absolute Gasteiger partial charge is 0.478 e. The highest BCUT2D eigenvalue weighted by Crippen LogP contribution is 2.06. The molecule has 15 heavy (non-hydrogen) atoms. The SMILES string of the molecule is CCC(=O)C=Cc1ccc(C(=O)O)cc1. The number of carbonyl (C=O) groups is 2. The molecule has 0 saturated heterocycles. The summed E-state index contributed by atoms with van der Waals surface area (Å²) in [5.41, 5.74) is 1.07. The monoisotopic (exact) mass is 204 g/mol. The first-order valence-corrected chi connectivity index (χ1v) is 4.67. The van der Waals surface area contributed by atoms with Crippen LogP contribution in [0.1, 0.15) is 29.3 Å². The minimum atomic E-state index is -0.949. The van der Waals surface area contributed by atoms with Crippen LogP contribution in [0.2, 0.25) is 0 Å². The molecule has 0 bridgehead atoms. The van der Waals surface area contributed by atoms with Crippen molar-refractivity contribution in [2.75, 3.05) is 0 Å². The molecule has 0 amide bonds. The highest BCUT2D eigenvalue weighted by atomic mass is 16.4. The number of benzene rings is 1. The number of hydrogen-bond donors (Lipinski definition) is 1. The van der Waals surface area contributed by atoms with Crippen molar-refractivity contribution in [3.63, 3.8) is 0 Å². The van der Waals surface area contributed by atoms with Crippen molar-refractivity contribution in [2.45, 2.75) is 13.3 Å². The zero-order valence-corrected chi connectivity index (χ0v) is 8.43. The lowest BCUT2D eigenvalue weighted by atomic mass is 10.1. The van der Waals surface area contributed by atoms with Crippen molar-refractivity contribution in [1.29, 1.82) is 0 Å². The van der Waals surface area contributed by atoms with Crippen molar-refractivity contribution in [3.8, 4) is 0 Å². The number of carbonyl (C=O) groups excluding carboxylic acids is 1. The summed E-state index contributed by atoms with van der Waals surface area (Å²) in [6.45, 7) is 1.79. The second-order valence-electron chi connectivity index (χ2n) is 3.08. The molecule has 0 aromatic heterocycles. The van der Waals surface area contributed by atoms with Gasteiger partial charge in [0, 0.05) is 6.42 Å². The average Bonchev–Trinajstić information content (AvgIpc) is 2.26. The third kappa shape index (κ3) is 3.38. The van der Waals surface area contributed by atoms with E-state index in [-0.39, 0.29) is 11.3 Å². The number of carboxylic acid groups (broad SMARTS) is 1. The van der Waals surface area contributed by atoms with Crippen LogP contribution in [0.15, 0.2) is 30.3 Å². The van der Waals surface area contributed by atoms with Gasteiger partial charge in [-0.2, -0.15) is 0 Å². The standard InChI is InChI=1S/C12H12O3/c1-2-11(13)8-5-9-3-6-10(7-4-9)12(14)15/h3-8H,2H2,1H3,(H,14,15). The zero-order valence-electron chi connectivity index (χ0n) is 8.43. The first-order valence-electron chi connectivity index (χ1n) is 4.67. The van der Waals surface area contributed by atoms with Crippen LogP contribution in [0.3, 0.4) is 0 Å². The van der Waals surface area contributed by atoms with Gasteiger partial charge >= 0.3 is 5.97 Å². The topological polar surface area (TPSA) is 54.4 Å². The number of aromatic carboxylic acids is 1. The minimum absolute atomic E-state index is 0.0531. The van der Waals surface area contributed by atoms with Crippen LogP contribution in [0.5, 0.6) is 0 Å². The number of hydrogen-bond acceptors (Lipinski definition) is 2. The van der Waals surface area contributed by atoms with Crippen LogP contribution in [-0.2, 0) is 4.79 Å². The van der Waals surface area contributed by atoms with Gasteiger partial charge in [-0.15, -0.1) is 0 Å². The Morgan fingerprint density at radius 2 is 1.87 bits per heavy atom. The van der Waals surface area contributed by atoms with E-state index >= 15 is 0 Å². The van der Waals surface area contributed by atoms with Crippen LogP contribution in [0.25, 0.3) is 6.08 Å². The third-order valence-electron chi connectivity index (χ3n) is 1.97. The van der Waals surface area contributed by atoms with Crippen LogP contribution in [-0.4, -0.2) is 16.9 Å². The molecule has 0 aliphatic carbocycles. The number of ketones is 1. The molecule has 1 aromatic rings. The molecular weight excluding hydrogens is 192 g/mol. The Hall–Kier alpha value is -1.90. The van der Waals surface area contributed by atoms with Gasteiger partial charge in [-0.05, 0) is 23.8 Å². The first-order chi connectivity index (χ1) is 7.13. The highest BCUT2D eigenvalue weighted by molar-refractivity contribution is 5.93. The Balaban J connectivity index is 2.77. The molecule has 0 saturated carbocycles. The Morgan fingerprint density at radius 1 is 1.27 bits per heavy atom. The summed E-state index contributed by atoms with van der Waals surface area (Å²) < 4.78 is 0. The smallest absolute Gasteiger partial charge is 0.335 e. The molecule has 1 aromatic carbocycles. The molecule has 0 radical (unpaired) electrons. The lowest BCUT2D eigenvalue weighted by Crippen LogP contribution is -1.94. The van der Waals surface area contributed by atoms with Crippen molar-refractivity contribution in [1.82, 2.24) is 0 Å². The van der Waals surface area contributed by atoms with E-state index in [1.807, 2.05) is 0 Å². The summed E-state index contributed by atoms with van der Waals surface area (Å²) >= 11 is 0. The van der Waals surface area contributed by atoms with E-state index < -0.39 is 5.97 Å². The molecule has 0 heterocycles. The van der Waals surface area contributed by atoms with E-state index in [1.165, 1.54) is 18.2 Å². The van der Waals surface area contributed by atoms with Gasteiger partial charge in [-0.1, -0.05) is 25.1 Å². The fraction of sp³-hybridized carbons (Fsp3) is 0.167. The van der Waals surface area contributed by atoms with Gasteiger partial charge in [0.05, 0.1) is 5.56 Å². The van der Waals surface area contributed by atoms with Gasteiger partial charge in [0.1, 0.15) is 0 Å².